The van der Waals surface area contributed by atoms with Gasteiger partial charge in [-0.1, -0.05) is 36.7 Å². The van der Waals surface area contributed by atoms with Crippen LogP contribution < -0.4 is 20.1 Å². The van der Waals surface area contributed by atoms with E-state index in [2.05, 4.69) is 23.6 Å². The third-order valence-electron chi connectivity index (χ3n) is 3.37. The van der Waals surface area contributed by atoms with E-state index in [1.54, 1.807) is 26.4 Å². The van der Waals surface area contributed by atoms with Crippen molar-refractivity contribution >= 4 is 40.3 Å². The Bertz CT molecular complexity index is 707. The highest BCUT2D eigenvalue weighted by molar-refractivity contribution is 7.80. The molecule has 2 aromatic rings. The molecule has 0 aromatic heterocycles. The molecule has 0 unspecified atom stereocenters. The van der Waals surface area contributed by atoms with E-state index in [1.165, 1.54) is 5.56 Å². The number of para-hydroxylation sites is 1. The molecular weight excluding hydrogens is 332 g/mol. The second kappa shape index (κ2) is 8.04. The Hall–Kier alpha value is -1.98. The molecule has 0 atom stereocenters. The summed E-state index contributed by atoms with van der Waals surface area (Å²) < 4.78 is 10.6. The normalized spacial score (nSPS) is 10.1. The van der Waals surface area contributed by atoms with Crippen molar-refractivity contribution in [2.24, 2.45) is 0 Å². The second-order valence-electron chi connectivity index (χ2n) is 4.78. The van der Waals surface area contributed by atoms with Crippen molar-refractivity contribution in [3.8, 4) is 11.5 Å². The molecule has 23 heavy (non-hydrogen) atoms. The molecule has 4 nitrogen and oxygen atoms in total. The van der Waals surface area contributed by atoms with Crippen LogP contribution in [0.3, 0.4) is 0 Å². The van der Waals surface area contributed by atoms with E-state index in [0.29, 0.717) is 27.3 Å². The SMILES string of the molecule is CCc1ccccc1NC(=S)Nc1cc(OC)c(Cl)cc1OC. The zero-order chi connectivity index (χ0) is 16.8. The third-order valence-corrected chi connectivity index (χ3v) is 3.87. The molecule has 0 fully saturated rings. The van der Waals surface area contributed by atoms with Gasteiger partial charge < -0.3 is 20.1 Å². The predicted octanol–water partition coefficient (Wildman–Crippen LogP) is 4.73. The van der Waals surface area contributed by atoms with Gasteiger partial charge in [-0.15, -0.1) is 0 Å². The van der Waals surface area contributed by atoms with Crippen molar-refractivity contribution in [1.29, 1.82) is 0 Å². The van der Waals surface area contributed by atoms with Gasteiger partial charge in [-0.05, 0) is 30.3 Å². The molecule has 0 heterocycles. The summed E-state index contributed by atoms with van der Waals surface area (Å²) >= 11 is 11.5. The monoisotopic (exact) mass is 350 g/mol. The number of nitrogens with one attached hydrogen (secondary N) is 2. The first kappa shape index (κ1) is 17.4. The van der Waals surface area contributed by atoms with Crippen LogP contribution >= 0.6 is 23.8 Å². The zero-order valence-corrected chi connectivity index (χ0v) is 14.8. The minimum absolute atomic E-state index is 0.466. The lowest BCUT2D eigenvalue weighted by Crippen LogP contribution is -2.20. The van der Waals surface area contributed by atoms with Crippen molar-refractivity contribution in [3.05, 3.63) is 47.0 Å². The zero-order valence-electron chi connectivity index (χ0n) is 13.3. The highest BCUT2D eigenvalue weighted by Crippen LogP contribution is 2.35. The molecule has 0 aliphatic carbocycles. The summed E-state index contributed by atoms with van der Waals surface area (Å²) in [6, 6.07) is 11.5. The maximum atomic E-state index is 6.10. The fourth-order valence-corrected chi connectivity index (χ4v) is 2.64. The molecule has 2 aromatic carbocycles. The first-order valence-corrected chi connectivity index (χ1v) is 7.95. The number of aryl methyl sites for hydroxylation is 1. The summed E-state index contributed by atoms with van der Waals surface area (Å²) in [6.07, 6.45) is 0.921. The highest BCUT2D eigenvalue weighted by atomic mass is 35.5. The Morgan fingerprint density at radius 2 is 1.70 bits per heavy atom. The molecule has 2 N–H and O–H groups in total. The molecule has 0 amide bonds. The maximum Gasteiger partial charge on any atom is 0.175 e. The molecule has 0 saturated carbocycles. The van der Waals surface area contributed by atoms with Crippen molar-refractivity contribution in [2.45, 2.75) is 13.3 Å². The Morgan fingerprint density at radius 1 is 1.04 bits per heavy atom. The van der Waals surface area contributed by atoms with Crippen LogP contribution in [0.5, 0.6) is 11.5 Å². The van der Waals surface area contributed by atoms with E-state index >= 15 is 0 Å². The van der Waals surface area contributed by atoms with Crippen LogP contribution in [0.1, 0.15) is 12.5 Å². The largest absolute Gasteiger partial charge is 0.495 e. The molecule has 2 rings (SSSR count). The summed E-state index contributed by atoms with van der Waals surface area (Å²) in [4.78, 5) is 0. The molecule has 0 bridgehead atoms. The Morgan fingerprint density at radius 3 is 2.35 bits per heavy atom. The minimum atomic E-state index is 0.466. The number of thiocarbonyl (C=S) groups is 1. The molecule has 6 heteroatoms. The first-order chi connectivity index (χ1) is 11.1. The summed E-state index contributed by atoms with van der Waals surface area (Å²) in [7, 11) is 3.14. The van der Waals surface area contributed by atoms with Crippen LogP contribution in [0.25, 0.3) is 0 Å². The Labute approximate surface area is 146 Å². The maximum absolute atomic E-state index is 6.10. The van der Waals surface area contributed by atoms with Gasteiger partial charge in [0.2, 0.25) is 0 Å². The summed E-state index contributed by atoms with van der Waals surface area (Å²) in [6.45, 7) is 2.10. The lowest BCUT2D eigenvalue weighted by atomic mass is 10.1. The number of halogens is 1. The van der Waals surface area contributed by atoms with Crippen LogP contribution in [-0.2, 0) is 6.42 Å². The van der Waals surface area contributed by atoms with Gasteiger partial charge in [0.05, 0.1) is 24.9 Å². The molecule has 122 valence electrons. The molecule has 0 aliphatic heterocycles. The van der Waals surface area contributed by atoms with E-state index in [-0.39, 0.29) is 0 Å². The Balaban J connectivity index is 2.20. The molecule has 0 radical (unpaired) electrons. The van der Waals surface area contributed by atoms with Crippen LogP contribution in [0.2, 0.25) is 5.02 Å². The minimum Gasteiger partial charge on any atom is -0.495 e. The first-order valence-electron chi connectivity index (χ1n) is 7.16. The van der Waals surface area contributed by atoms with Gasteiger partial charge in [-0.25, -0.2) is 0 Å². The van der Waals surface area contributed by atoms with Crippen molar-refractivity contribution < 1.29 is 9.47 Å². The third kappa shape index (κ3) is 4.27. The fourth-order valence-electron chi connectivity index (χ4n) is 2.18. The van der Waals surface area contributed by atoms with Gasteiger partial charge in [0, 0.05) is 17.8 Å². The van der Waals surface area contributed by atoms with Crippen LogP contribution in [-0.4, -0.2) is 19.3 Å². The standard InChI is InChI=1S/C17H19ClN2O2S/c1-4-11-7-5-6-8-13(11)19-17(23)20-14-10-15(21-2)12(18)9-16(14)22-3/h5-10H,4H2,1-3H3,(H2,19,20,23). The molecular formula is C17H19ClN2O2S. The second-order valence-corrected chi connectivity index (χ2v) is 5.59. The van der Waals surface area contributed by atoms with E-state index < -0.39 is 0 Å². The quantitative estimate of drug-likeness (QED) is 0.763. The van der Waals surface area contributed by atoms with Gasteiger partial charge in [0.15, 0.2) is 5.11 Å². The Kier molecular flexibility index (Phi) is 6.07. The summed E-state index contributed by atoms with van der Waals surface area (Å²) in [5.41, 5.74) is 2.85. The smallest absolute Gasteiger partial charge is 0.175 e. The summed E-state index contributed by atoms with van der Waals surface area (Å²) in [5.74, 6) is 1.13. The topological polar surface area (TPSA) is 42.5 Å². The number of ether oxygens (including phenoxy) is 2. The number of methoxy groups -OCH3 is 2. The average molecular weight is 351 g/mol. The van der Waals surface area contributed by atoms with Crippen molar-refractivity contribution in [1.82, 2.24) is 0 Å². The number of anilines is 2. The van der Waals surface area contributed by atoms with Crippen molar-refractivity contribution in [3.63, 3.8) is 0 Å². The van der Waals surface area contributed by atoms with E-state index in [0.717, 1.165) is 12.1 Å². The number of benzene rings is 2. The fraction of sp³-hybridized carbons (Fsp3) is 0.235. The summed E-state index contributed by atoms with van der Waals surface area (Å²) in [5, 5.41) is 7.27. The highest BCUT2D eigenvalue weighted by Gasteiger charge is 2.11. The molecule has 0 aliphatic rings. The lowest BCUT2D eigenvalue weighted by Gasteiger charge is -2.16. The van der Waals surface area contributed by atoms with Crippen molar-refractivity contribution in [2.75, 3.05) is 24.9 Å². The van der Waals surface area contributed by atoms with Crippen LogP contribution in [0.4, 0.5) is 11.4 Å². The molecule has 0 spiro atoms. The van der Waals surface area contributed by atoms with Crippen LogP contribution in [0.15, 0.2) is 36.4 Å². The van der Waals surface area contributed by atoms with Gasteiger partial charge >= 0.3 is 0 Å². The van der Waals surface area contributed by atoms with Gasteiger partial charge in [-0.3, -0.25) is 0 Å². The number of hydrogen-bond acceptors (Lipinski definition) is 3. The predicted molar refractivity (Wildman–Crippen MR) is 100 cm³/mol. The lowest BCUT2D eigenvalue weighted by molar-refractivity contribution is 0.405. The molecule has 0 saturated heterocycles. The van der Waals surface area contributed by atoms with E-state index in [9.17, 15) is 0 Å². The van der Waals surface area contributed by atoms with Gasteiger partial charge in [-0.2, -0.15) is 0 Å². The van der Waals surface area contributed by atoms with E-state index in [4.69, 9.17) is 33.3 Å². The van der Waals surface area contributed by atoms with Gasteiger partial charge in [0.1, 0.15) is 11.5 Å². The number of hydrogen-bond donors (Lipinski definition) is 2. The number of rotatable bonds is 5. The van der Waals surface area contributed by atoms with E-state index in [1.807, 2.05) is 18.2 Å². The van der Waals surface area contributed by atoms with Gasteiger partial charge in [0.25, 0.3) is 0 Å². The van der Waals surface area contributed by atoms with Crippen LogP contribution in [0, 0.1) is 0 Å². The average Bonchev–Trinajstić information content (AvgIpc) is 2.56.